The monoisotopic (exact) mass is 336 g/mol. The number of aromatic amines is 1. The summed E-state index contributed by atoms with van der Waals surface area (Å²) in [5, 5.41) is 3.85. The second kappa shape index (κ2) is 7.21. The Bertz CT molecular complexity index is 959. The smallest absolute Gasteiger partial charge is 0.251 e. The molecule has 0 unspecified atom stereocenters. The van der Waals surface area contributed by atoms with Gasteiger partial charge in [0.15, 0.2) is 0 Å². The van der Waals surface area contributed by atoms with Crippen LogP contribution in [0.1, 0.15) is 17.5 Å². The number of H-pyrrole nitrogens is 1. The van der Waals surface area contributed by atoms with Crippen LogP contribution in [0.4, 0.5) is 5.69 Å². The topological polar surface area (TPSA) is 71.2 Å². The van der Waals surface area contributed by atoms with Crippen LogP contribution >= 0.6 is 0 Å². The number of rotatable bonds is 5. The van der Waals surface area contributed by atoms with Gasteiger partial charge < -0.3 is 15.0 Å². The number of fused-ring (bicyclic) bond motifs is 1. The van der Waals surface area contributed by atoms with E-state index >= 15 is 0 Å². The fourth-order valence-electron chi connectivity index (χ4n) is 2.68. The molecule has 0 aliphatic carbocycles. The molecule has 0 fully saturated rings. The molecule has 1 heterocycles. The van der Waals surface area contributed by atoms with Gasteiger partial charge in [0.2, 0.25) is 5.91 Å². The van der Waals surface area contributed by atoms with Crippen molar-refractivity contribution in [3.05, 3.63) is 70.0 Å². The van der Waals surface area contributed by atoms with E-state index in [9.17, 15) is 9.59 Å². The SMILES string of the molecule is COc1ccc(NC(=O)CCc2ccc3[nH]c(=O)c(C)cc3c2)cc1. The fourth-order valence-corrected chi connectivity index (χ4v) is 2.68. The number of methoxy groups -OCH3 is 1. The first-order valence-electron chi connectivity index (χ1n) is 8.11. The highest BCUT2D eigenvalue weighted by Gasteiger charge is 2.05. The van der Waals surface area contributed by atoms with Crippen molar-refractivity contribution in [3.8, 4) is 5.75 Å². The van der Waals surface area contributed by atoms with Crippen molar-refractivity contribution in [2.45, 2.75) is 19.8 Å². The molecule has 3 aromatic rings. The van der Waals surface area contributed by atoms with Gasteiger partial charge in [-0.3, -0.25) is 9.59 Å². The summed E-state index contributed by atoms with van der Waals surface area (Å²) < 4.78 is 5.10. The maximum Gasteiger partial charge on any atom is 0.251 e. The number of pyridine rings is 1. The van der Waals surface area contributed by atoms with Crippen molar-refractivity contribution in [1.82, 2.24) is 4.98 Å². The Labute approximate surface area is 145 Å². The molecule has 0 bridgehead atoms. The lowest BCUT2D eigenvalue weighted by Gasteiger charge is -2.07. The number of aryl methyl sites for hydroxylation is 2. The van der Waals surface area contributed by atoms with Crippen LogP contribution in [0, 0.1) is 6.92 Å². The number of hydrogen-bond acceptors (Lipinski definition) is 3. The van der Waals surface area contributed by atoms with Crippen LogP contribution in [-0.2, 0) is 11.2 Å². The fraction of sp³-hybridized carbons (Fsp3) is 0.200. The average Bonchev–Trinajstić information content (AvgIpc) is 2.61. The molecule has 128 valence electrons. The minimum atomic E-state index is -0.0703. The zero-order valence-electron chi connectivity index (χ0n) is 14.3. The summed E-state index contributed by atoms with van der Waals surface area (Å²) in [5.41, 5.74) is 3.23. The molecule has 0 saturated carbocycles. The van der Waals surface area contributed by atoms with Gasteiger partial charge in [-0.1, -0.05) is 6.07 Å². The summed E-state index contributed by atoms with van der Waals surface area (Å²) in [6.07, 6.45) is 1.02. The number of benzene rings is 2. The molecular formula is C20H20N2O3. The highest BCUT2D eigenvalue weighted by Crippen LogP contribution is 2.17. The predicted octanol–water partition coefficient (Wildman–Crippen LogP) is 3.42. The first-order valence-corrected chi connectivity index (χ1v) is 8.11. The molecule has 3 rings (SSSR count). The molecule has 0 aliphatic heterocycles. The molecular weight excluding hydrogens is 316 g/mol. The van der Waals surface area contributed by atoms with E-state index in [2.05, 4.69) is 10.3 Å². The van der Waals surface area contributed by atoms with Crippen LogP contribution in [-0.4, -0.2) is 18.0 Å². The summed E-state index contributed by atoms with van der Waals surface area (Å²) in [5.74, 6) is 0.713. The third-order valence-corrected chi connectivity index (χ3v) is 4.11. The molecule has 0 atom stereocenters. The molecule has 1 aromatic heterocycles. The van der Waals surface area contributed by atoms with E-state index in [1.165, 1.54) is 0 Å². The lowest BCUT2D eigenvalue weighted by molar-refractivity contribution is -0.116. The number of aromatic nitrogens is 1. The minimum Gasteiger partial charge on any atom is -0.497 e. The predicted molar refractivity (Wildman–Crippen MR) is 99.3 cm³/mol. The minimum absolute atomic E-state index is 0.0390. The Morgan fingerprint density at radius 3 is 2.60 bits per heavy atom. The number of nitrogens with one attached hydrogen (secondary N) is 2. The number of amides is 1. The van der Waals surface area contributed by atoms with Crippen molar-refractivity contribution in [2.24, 2.45) is 0 Å². The zero-order valence-corrected chi connectivity index (χ0v) is 14.3. The van der Waals surface area contributed by atoms with Crippen molar-refractivity contribution >= 4 is 22.5 Å². The van der Waals surface area contributed by atoms with E-state index in [4.69, 9.17) is 4.74 Å². The van der Waals surface area contributed by atoms with Crippen molar-refractivity contribution in [3.63, 3.8) is 0 Å². The first kappa shape index (κ1) is 16.8. The van der Waals surface area contributed by atoms with E-state index in [0.717, 1.165) is 27.9 Å². The van der Waals surface area contributed by atoms with Gasteiger partial charge in [-0.25, -0.2) is 0 Å². The number of carbonyl (C=O) groups excluding carboxylic acids is 1. The van der Waals surface area contributed by atoms with E-state index in [-0.39, 0.29) is 11.5 Å². The van der Waals surface area contributed by atoms with Gasteiger partial charge >= 0.3 is 0 Å². The molecule has 2 N–H and O–H groups in total. The van der Waals surface area contributed by atoms with Crippen LogP contribution in [0.2, 0.25) is 0 Å². The summed E-state index contributed by atoms with van der Waals surface area (Å²) in [4.78, 5) is 26.6. The maximum absolute atomic E-state index is 12.1. The van der Waals surface area contributed by atoms with Crippen molar-refractivity contribution < 1.29 is 9.53 Å². The Kier molecular flexibility index (Phi) is 4.84. The van der Waals surface area contributed by atoms with Crippen LogP contribution in [0.3, 0.4) is 0 Å². The van der Waals surface area contributed by atoms with Crippen molar-refractivity contribution in [2.75, 3.05) is 12.4 Å². The van der Waals surface area contributed by atoms with Crippen LogP contribution in [0.25, 0.3) is 10.9 Å². The van der Waals surface area contributed by atoms with E-state index in [0.29, 0.717) is 18.4 Å². The number of hydrogen-bond donors (Lipinski definition) is 2. The molecule has 1 amide bonds. The van der Waals surface area contributed by atoms with E-state index in [1.807, 2.05) is 48.5 Å². The van der Waals surface area contributed by atoms with Crippen LogP contribution in [0.5, 0.6) is 5.75 Å². The second-order valence-corrected chi connectivity index (χ2v) is 5.98. The quantitative estimate of drug-likeness (QED) is 0.750. The Balaban J connectivity index is 1.64. The van der Waals surface area contributed by atoms with E-state index in [1.54, 1.807) is 14.0 Å². The third kappa shape index (κ3) is 4.07. The number of anilines is 1. The average molecular weight is 336 g/mol. The molecule has 5 nitrogen and oxygen atoms in total. The summed E-state index contributed by atoms with van der Waals surface area (Å²) in [6, 6.07) is 14.9. The molecule has 0 spiro atoms. The van der Waals surface area contributed by atoms with Gasteiger partial charge in [-0.2, -0.15) is 0 Å². The summed E-state index contributed by atoms with van der Waals surface area (Å²) in [6.45, 7) is 1.78. The molecule has 0 aliphatic rings. The number of ether oxygens (including phenoxy) is 1. The van der Waals surface area contributed by atoms with Crippen molar-refractivity contribution in [1.29, 1.82) is 0 Å². The highest BCUT2D eigenvalue weighted by molar-refractivity contribution is 5.91. The third-order valence-electron chi connectivity index (χ3n) is 4.11. The number of carbonyl (C=O) groups is 1. The summed E-state index contributed by atoms with van der Waals surface area (Å²) >= 11 is 0. The molecule has 0 radical (unpaired) electrons. The van der Waals surface area contributed by atoms with Gasteiger partial charge in [0.1, 0.15) is 5.75 Å². The first-order chi connectivity index (χ1) is 12.0. The maximum atomic E-state index is 12.1. The molecule has 2 aromatic carbocycles. The van der Waals surface area contributed by atoms with Gasteiger partial charge in [0.25, 0.3) is 5.56 Å². The molecule has 5 heteroatoms. The molecule has 25 heavy (non-hydrogen) atoms. The lowest BCUT2D eigenvalue weighted by Crippen LogP contribution is -2.12. The van der Waals surface area contributed by atoms with E-state index < -0.39 is 0 Å². The Morgan fingerprint density at radius 2 is 1.88 bits per heavy atom. The van der Waals surface area contributed by atoms with Gasteiger partial charge in [0, 0.05) is 23.2 Å². The second-order valence-electron chi connectivity index (χ2n) is 5.98. The van der Waals surface area contributed by atoms with Crippen LogP contribution < -0.4 is 15.6 Å². The van der Waals surface area contributed by atoms with Gasteiger partial charge in [0.05, 0.1) is 7.11 Å². The Hall–Kier alpha value is -3.08. The van der Waals surface area contributed by atoms with Gasteiger partial charge in [-0.05, 0) is 66.8 Å². The normalized spacial score (nSPS) is 10.6. The van der Waals surface area contributed by atoms with Crippen LogP contribution in [0.15, 0.2) is 53.3 Å². The Morgan fingerprint density at radius 1 is 1.12 bits per heavy atom. The summed E-state index contributed by atoms with van der Waals surface area (Å²) in [7, 11) is 1.61. The highest BCUT2D eigenvalue weighted by atomic mass is 16.5. The lowest BCUT2D eigenvalue weighted by atomic mass is 10.1. The standard InChI is InChI=1S/C20H20N2O3/c1-13-11-15-12-14(3-9-18(15)22-20(13)24)4-10-19(23)21-16-5-7-17(25-2)8-6-16/h3,5-9,11-12H,4,10H2,1-2H3,(H,21,23)(H,22,24). The van der Waals surface area contributed by atoms with Gasteiger partial charge in [-0.15, -0.1) is 0 Å². The largest absolute Gasteiger partial charge is 0.497 e. The molecule has 0 saturated heterocycles. The zero-order chi connectivity index (χ0) is 17.8.